The van der Waals surface area contributed by atoms with Crippen LogP contribution in [0.25, 0.3) is 0 Å². The van der Waals surface area contributed by atoms with Crippen molar-refractivity contribution in [2.45, 2.75) is 135 Å². The first-order chi connectivity index (χ1) is 11.4. The third kappa shape index (κ3) is 13.0. The van der Waals surface area contributed by atoms with Gasteiger partial charge in [-0.05, 0) is 11.8 Å². The molecule has 2 fully saturated rings. The second kappa shape index (κ2) is 13.3. The molecule has 2 aliphatic carbocycles. The molecule has 136 valence electrons. The van der Waals surface area contributed by atoms with Crippen molar-refractivity contribution >= 4 is 0 Å². The van der Waals surface area contributed by atoms with Crippen molar-refractivity contribution < 1.29 is 0 Å². The highest BCUT2D eigenvalue weighted by molar-refractivity contribution is 4.73. The molecule has 0 amide bonds. The summed E-state index contributed by atoms with van der Waals surface area (Å²) in [5.74, 6) is 2.30. The van der Waals surface area contributed by atoms with Gasteiger partial charge in [-0.15, -0.1) is 0 Å². The molecule has 2 aliphatic rings. The van der Waals surface area contributed by atoms with Gasteiger partial charge < -0.3 is 0 Å². The number of hydrogen-bond acceptors (Lipinski definition) is 0. The quantitative estimate of drug-likeness (QED) is 0.222. The molecule has 0 unspecified atom stereocenters. The van der Waals surface area contributed by atoms with E-state index in [-0.39, 0.29) is 0 Å². The highest BCUT2D eigenvalue weighted by Gasteiger charge is 2.20. The average Bonchev–Trinajstić information content (AvgIpc) is 3.45. The van der Waals surface area contributed by atoms with Crippen LogP contribution in [0.3, 0.4) is 0 Å². The van der Waals surface area contributed by atoms with Crippen molar-refractivity contribution in [2.24, 2.45) is 11.8 Å². The molecule has 0 radical (unpaired) electrons. The van der Waals surface area contributed by atoms with Gasteiger partial charge in [0.1, 0.15) is 0 Å². The van der Waals surface area contributed by atoms with Gasteiger partial charge in [0.25, 0.3) is 0 Å². The van der Waals surface area contributed by atoms with Crippen molar-refractivity contribution in [3.63, 3.8) is 0 Å². The van der Waals surface area contributed by atoms with Crippen LogP contribution >= 0.6 is 0 Å². The standard InChI is InChI=1S/C23H44/c1(2-4-6-8-10-12-14-16-22-18-19-22)3-5-7-9-11-13-15-17-23-20-21-23/h22-23H,1-21H2. The molecule has 0 nitrogen and oxygen atoms in total. The van der Waals surface area contributed by atoms with Crippen molar-refractivity contribution in [1.82, 2.24) is 0 Å². The minimum absolute atomic E-state index is 1.15. The lowest BCUT2D eigenvalue weighted by Crippen LogP contribution is -1.84. The molecule has 0 saturated heterocycles. The maximum Gasteiger partial charge on any atom is -0.0414 e. The van der Waals surface area contributed by atoms with Gasteiger partial charge in [-0.2, -0.15) is 0 Å². The lowest BCUT2D eigenvalue weighted by molar-refractivity contribution is 0.519. The Labute approximate surface area is 147 Å². The van der Waals surface area contributed by atoms with Crippen LogP contribution in [-0.4, -0.2) is 0 Å². The Morgan fingerprint density at radius 3 is 0.739 bits per heavy atom. The van der Waals surface area contributed by atoms with Crippen LogP contribution in [0, 0.1) is 11.8 Å². The Bertz CT molecular complexity index is 223. The zero-order valence-corrected chi connectivity index (χ0v) is 16.0. The van der Waals surface area contributed by atoms with Crippen LogP contribution < -0.4 is 0 Å². The Kier molecular flexibility index (Phi) is 11.2. The van der Waals surface area contributed by atoms with Crippen LogP contribution in [0.2, 0.25) is 0 Å². The third-order valence-electron chi connectivity index (χ3n) is 6.12. The number of hydrogen-bond donors (Lipinski definition) is 0. The fourth-order valence-corrected chi connectivity index (χ4v) is 3.98. The first-order valence-corrected chi connectivity index (χ1v) is 11.4. The van der Waals surface area contributed by atoms with Crippen LogP contribution in [0.15, 0.2) is 0 Å². The fourth-order valence-electron chi connectivity index (χ4n) is 3.98. The summed E-state index contributed by atoms with van der Waals surface area (Å²) < 4.78 is 0. The molecule has 0 aromatic rings. The Balaban J connectivity index is 1.15. The molecule has 2 saturated carbocycles. The summed E-state index contributed by atoms with van der Waals surface area (Å²) in [6, 6.07) is 0. The topological polar surface area (TPSA) is 0 Å². The molecule has 0 atom stereocenters. The summed E-state index contributed by atoms with van der Waals surface area (Å²) in [4.78, 5) is 0. The monoisotopic (exact) mass is 320 g/mol. The maximum atomic E-state index is 1.54. The normalized spacial score (nSPS) is 17.7. The average molecular weight is 321 g/mol. The second-order valence-electron chi connectivity index (χ2n) is 8.77. The fraction of sp³-hybridized carbons (Fsp3) is 1.00. The number of rotatable bonds is 18. The van der Waals surface area contributed by atoms with Crippen LogP contribution in [0.5, 0.6) is 0 Å². The van der Waals surface area contributed by atoms with E-state index in [1.165, 1.54) is 96.3 Å². The van der Waals surface area contributed by atoms with E-state index in [9.17, 15) is 0 Å². The highest BCUT2D eigenvalue weighted by atomic mass is 14.3. The van der Waals surface area contributed by atoms with Gasteiger partial charge in [-0.1, -0.05) is 135 Å². The molecule has 0 aromatic carbocycles. The predicted molar refractivity (Wildman–Crippen MR) is 104 cm³/mol. The van der Waals surface area contributed by atoms with Gasteiger partial charge in [-0.3, -0.25) is 0 Å². The molecular formula is C23H44. The van der Waals surface area contributed by atoms with E-state index in [0.717, 1.165) is 11.8 Å². The van der Waals surface area contributed by atoms with Gasteiger partial charge in [0.2, 0.25) is 0 Å². The second-order valence-corrected chi connectivity index (χ2v) is 8.77. The zero-order chi connectivity index (χ0) is 16.0. The Morgan fingerprint density at radius 1 is 0.304 bits per heavy atom. The minimum Gasteiger partial charge on any atom is -0.0533 e. The molecule has 0 heterocycles. The summed E-state index contributed by atoms with van der Waals surface area (Å²) in [5, 5.41) is 0. The van der Waals surface area contributed by atoms with Crippen LogP contribution in [0.1, 0.15) is 135 Å². The SMILES string of the molecule is C(CCCCCCCCC1CC1)CCCCCCCCC1CC1. The predicted octanol–water partition coefficient (Wildman–Crippen LogP) is 8.44. The Morgan fingerprint density at radius 2 is 0.522 bits per heavy atom. The van der Waals surface area contributed by atoms with Crippen LogP contribution in [0.4, 0.5) is 0 Å². The van der Waals surface area contributed by atoms with E-state index < -0.39 is 0 Å². The van der Waals surface area contributed by atoms with Gasteiger partial charge in [0, 0.05) is 0 Å². The maximum absolute atomic E-state index is 1.54. The van der Waals surface area contributed by atoms with Gasteiger partial charge in [0.05, 0.1) is 0 Å². The third-order valence-corrected chi connectivity index (χ3v) is 6.12. The van der Waals surface area contributed by atoms with E-state index in [4.69, 9.17) is 0 Å². The smallest absolute Gasteiger partial charge is 0.0414 e. The first-order valence-electron chi connectivity index (χ1n) is 11.4. The summed E-state index contributed by atoms with van der Waals surface area (Å²) in [6.45, 7) is 0. The molecule has 2 rings (SSSR count). The Hall–Kier alpha value is 0. The summed E-state index contributed by atoms with van der Waals surface area (Å²) >= 11 is 0. The summed E-state index contributed by atoms with van der Waals surface area (Å²) in [5.41, 5.74) is 0. The summed E-state index contributed by atoms with van der Waals surface area (Å²) in [6.07, 6.45) is 31.9. The van der Waals surface area contributed by atoms with Crippen molar-refractivity contribution in [3.05, 3.63) is 0 Å². The molecule has 0 aromatic heterocycles. The van der Waals surface area contributed by atoms with E-state index in [1.54, 1.807) is 38.5 Å². The highest BCUT2D eigenvalue weighted by Crippen LogP contribution is 2.34. The molecule has 23 heavy (non-hydrogen) atoms. The van der Waals surface area contributed by atoms with E-state index in [2.05, 4.69) is 0 Å². The molecule has 0 aliphatic heterocycles. The molecule has 0 spiro atoms. The molecule has 0 N–H and O–H groups in total. The largest absolute Gasteiger partial charge is 0.0533 e. The zero-order valence-electron chi connectivity index (χ0n) is 16.0. The van der Waals surface area contributed by atoms with Gasteiger partial charge in [-0.25, -0.2) is 0 Å². The first kappa shape index (κ1) is 19.3. The number of unbranched alkanes of at least 4 members (excludes halogenated alkanes) is 14. The lowest BCUT2D eigenvalue weighted by atomic mass is 10.0. The lowest BCUT2D eigenvalue weighted by Gasteiger charge is -2.03. The molecule has 0 bridgehead atoms. The van der Waals surface area contributed by atoms with E-state index in [1.807, 2.05) is 0 Å². The van der Waals surface area contributed by atoms with Crippen molar-refractivity contribution in [1.29, 1.82) is 0 Å². The van der Waals surface area contributed by atoms with Gasteiger partial charge >= 0.3 is 0 Å². The van der Waals surface area contributed by atoms with Gasteiger partial charge in [0.15, 0.2) is 0 Å². The van der Waals surface area contributed by atoms with Crippen LogP contribution in [-0.2, 0) is 0 Å². The van der Waals surface area contributed by atoms with Crippen molar-refractivity contribution in [2.75, 3.05) is 0 Å². The van der Waals surface area contributed by atoms with E-state index >= 15 is 0 Å². The molecule has 0 heteroatoms. The van der Waals surface area contributed by atoms with Crippen molar-refractivity contribution in [3.8, 4) is 0 Å². The molecular weight excluding hydrogens is 276 g/mol. The summed E-state index contributed by atoms with van der Waals surface area (Å²) in [7, 11) is 0. The minimum atomic E-state index is 1.15. The van der Waals surface area contributed by atoms with E-state index in [0.29, 0.717) is 0 Å².